The number of carbonyl (C=O) groups is 2. The van der Waals surface area contributed by atoms with Crippen molar-refractivity contribution in [1.29, 1.82) is 0 Å². The van der Waals surface area contributed by atoms with Gasteiger partial charge < -0.3 is 11.1 Å². The molecule has 3 N–H and O–H groups in total. The molecule has 2 amide bonds. The SMILES string of the molecule is CC(C)C[C@@H](NC(=O)c1ccc2ccccc2c1)C(N)=O. The Kier molecular flexibility index (Phi) is 4.58. The molecule has 0 aliphatic rings. The van der Waals surface area contributed by atoms with Crippen molar-refractivity contribution in [2.24, 2.45) is 11.7 Å². The molecule has 0 aromatic heterocycles. The molecule has 2 aromatic carbocycles. The first-order valence-electron chi connectivity index (χ1n) is 7.06. The lowest BCUT2D eigenvalue weighted by Crippen LogP contribution is -2.45. The molecule has 4 heteroatoms. The van der Waals surface area contributed by atoms with Gasteiger partial charge in [0.05, 0.1) is 0 Å². The van der Waals surface area contributed by atoms with E-state index in [1.165, 1.54) is 0 Å². The normalized spacial score (nSPS) is 12.3. The number of rotatable bonds is 5. The third-order valence-corrected chi connectivity index (χ3v) is 3.37. The Morgan fingerprint density at radius 3 is 2.38 bits per heavy atom. The van der Waals surface area contributed by atoms with Crippen LogP contribution in [0.2, 0.25) is 0 Å². The topological polar surface area (TPSA) is 72.2 Å². The zero-order valence-corrected chi connectivity index (χ0v) is 12.3. The average Bonchev–Trinajstić information content (AvgIpc) is 2.45. The summed E-state index contributed by atoms with van der Waals surface area (Å²) in [7, 11) is 0. The van der Waals surface area contributed by atoms with E-state index >= 15 is 0 Å². The van der Waals surface area contributed by atoms with Crippen molar-refractivity contribution in [3.63, 3.8) is 0 Å². The van der Waals surface area contributed by atoms with E-state index in [1.807, 2.05) is 50.2 Å². The van der Waals surface area contributed by atoms with Crippen molar-refractivity contribution in [2.75, 3.05) is 0 Å². The van der Waals surface area contributed by atoms with E-state index in [9.17, 15) is 9.59 Å². The maximum atomic E-state index is 12.3. The highest BCUT2D eigenvalue weighted by Gasteiger charge is 2.20. The van der Waals surface area contributed by atoms with Crippen LogP contribution < -0.4 is 11.1 Å². The summed E-state index contributed by atoms with van der Waals surface area (Å²) in [6, 6.07) is 12.6. The summed E-state index contributed by atoms with van der Waals surface area (Å²) >= 11 is 0. The molecule has 21 heavy (non-hydrogen) atoms. The van der Waals surface area contributed by atoms with Crippen LogP contribution in [0.1, 0.15) is 30.6 Å². The minimum atomic E-state index is -0.635. The van der Waals surface area contributed by atoms with Crippen LogP contribution in [0, 0.1) is 5.92 Å². The molecule has 0 radical (unpaired) electrons. The highest BCUT2D eigenvalue weighted by molar-refractivity contribution is 6.00. The Bertz CT molecular complexity index is 665. The predicted octanol–water partition coefficient (Wildman–Crippen LogP) is 2.47. The number of amides is 2. The molecule has 0 spiro atoms. The van der Waals surface area contributed by atoms with E-state index in [0.717, 1.165) is 10.8 Å². The summed E-state index contributed by atoms with van der Waals surface area (Å²) in [6.45, 7) is 3.97. The van der Waals surface area contributed by atoms with Gasteiger partial charge in [-0.15, -0.1) is 0 Å². The smallest absolute Gasteiger partial charge is 0.251 e. The second kappa shape index (κ2) is 6.39. The van der Waals surface area contributed by atoms with Crippen molar-refractivity contribution < 1.29 is 9.59 Å². The van der Waals surface area contributed by atoms with Gasteiger partial charge in [0, 0.05) is 5.56 Å². The Hall–Kier alpha value is -2.36. The van der Waals surface area contributed by atoms with Gasteiger partial charge in [-0.3, -0.25) is 9.59 Å². The predicted molar refractivity (Wildman–Crippen MR) is 83.9 cm³/mol. The minimum absolute atomic E-state index is 0.273. The molecular formula is C17H20N2O2. The van der Waals surface area contributed by atoms with E-state index in [0.29, 0.717) is 12.0 Å². The van der Waals surface area contributed by atoms with Crippen LogP contribution in [0.25, 0.3) is 10.8 Å². The molecule has 110 valence electrons. The second-order valence-electron chi connectivity index (χ2n) is 5.62. The third-order valence-electron chi connectivity index (χ3n) is 3.37. The fraction of sp³-hybridized carbons (Fsp3) is 0.294. The van der Waals surface area contributed by atoms with Gasteiger partial charge in [0.2, 0.25) is 5.91 Å². The molecule has 0 unspecified atom stereocenters. The Labute approximate surface area is 124 Å². The molecule has 0 saturated carbocycles. The highest BCUT2D eigenvalue weighted by atomic mass is 16.2. The maximum Gasteiger partial charge on any atom is 0.251 e. The van der Waals surface area contributed by atoms with Gasteiger partial charge in [-0.05, 0) is 35.2 Å². The van der Waals surface area contributed by atoms with Crippen LogP contribution >= 0.6 is 0 Å². The fourth-order valence-electron chi connectivity index (χ4n) is 2.29. The Morgan fingerprint density at radius 1 is 1.10 bits per heavy atom. The lowest BCUT2D eigenvalue weighted by Gasteiger charge is -2.17. The number of primary amides is 1. The summed E-state index contributed by atoms with van der Waals surface area (Å²) in [5.41, 5.74) is 5.88. The van der Waals surface area contributed by atoms with Crippen molar-refractivity contribution >= 4 is 22.6 Å². The van der Waals surface area contributed by atoms with Crippen LogP contribution in [0.15, 0.2) is 42.5 Å². The van der Waals surface area contributed by atoms with Crippen LogP contribution in [0.5, 0.6) is 0 Å². The highest BCUT2D eigenvalue weighted by Crippen LogP contribution is 2.16. The van der Waals surface area contributed by atoms with Crippen molar-refractivity contribution in [2.45, 2.75) is 26.3 Å². The molecular weight excluding hydrogens is 264 g/mol. The molecule has 0 fully saturated rings. The van der Waals surface area contributed by atoms with Gasteiger partial charge in [-0.2, -0.15) is 0 Å². The van der Waals surface area contributed by atoms with E-state index in [1.54, 1.807) is 6.07 Å². The number of nitrogens with one attached hydrogen (secondary N) is 1. The molecule has 0 bridgehead atoms. The quantitative estimate of drug-likeness (QED) is 0.885. The number of hydrogen-bond acceptors (Lipinski definition) is 2. The number of benzene rings is 2. The fourth-order valence-corrected chi connectivity index (χ4v) is 2.29. The van der Waals surface area contributed by atoms with E-state index in [2.05, 4.69) is 5.32 Å². The van der Waals surface area contributed by atoms with Crippen LogP contribution in [-0.2, 0) is 4.79 Å². The van der Waals surface area contributed by atoms with Gasteiger partial charge in [-0.1, -0.05) is 44.2 Å². The van der Waals surface area contributed by atoms with Gasteiger partial charge in [0.15, 0.2) is 0 Å². The standard InChI is InChI=1S/C17H20N2O2/c1-11(2)9-15(16(18)20)19-17(21)14-8-7-12-5-3-4-6-13(12)10-14/h3-8,10-11,15H,9H2,1-2H3,(H2,18,20)(H,19,21)/t15-/m1/s1. The summed E-state index contributed by atoms with van der Waals surface area (Å²) in [5.74, 6) is -0.498. The van der Waals surface area contributed by atoms with Gasteiger partial charge in [0.1, 0.15) is 6.04 Å². The third kappa shape index (κ3) is 3.81. The van der Waals surface area contributed by atoms with Crippen molar-refractivity contribution in [1.82, 2.24) is 5.32 Å². The molecule has 0 saturated heterocycles. The summed E-state index contributed by atoms with van der Waals surface area (Å²) in [6.07, 6.45) is 0.536. The number of hydrogen-bond donors (Lipinski definition) is 2. The molecule has 0 aliphatic carbocycles. The maximum absolute atomic E-state index is 12.3. The first-order chi connectivity index (χ1) is 9.97. The Morgan fingerprint density at radius 2 is 1.76 bits per heavy atom. The van der Waals surface area contributed by atoms with Crippen molar-refractivity contribution in [3.8, 4) is 0 Å². The molecule has 1 atom stereocenters. The van der Waals surface area contributed by atoms with E-state index in [4.69, 9.17) is 5.73 Å². The van der Waals surface area contributed by atoms with Crippen LogP contribution in [-0.4, -0.2) is 17.9 Å². The van der Waals surface area contributed by atoms with Gasteiger partial charge >= 0.3 is 0 Å². The molecule has 0 aliphatic heterocycles. The molecule has 2 rings (SSSR count). The zero-order valence-electron chi connectivity index (χ0n) is 12.3. The lowest BCUT2D eigenvalue weighted by atomic mass is 10.0. The first kappa shape index (κ1) is 15.0. The Balaban J connectivity index is 2.19. The van der Waals surface area contributed by atoms with E-state index < -0.39 is 11.9 Å². The average molecular weight is 284 g/mol. The summed E-state index contributed by atoms with van der Waals surface area (Å²) in [5, 5.41) is 4.78. The van der Waals surface area contributed by atoms with Gasteiger partial charge in [-0.25, -0.2) is 0 Å². The van der Waals surface area contributed by atoms with E-state index in [-0.39, 0.29) is 11.8 Å². The number of carbonyl (C=O) groups excluding carboxylic acids is 2. The second-order valence-corrected chi connectivity index (χ2v) is 5.62. The van der Waals surface area contributed by atoms with Crippen molar-refractivity contribution in [3.05, 3.63) is 48.0 Å². The summed E-state index contributed by atoms with van der Waals surface area (Å²) < 4.78 is 0. The monoisotopic (exact) mass is 284 g/mol. The largest absolute Gasteiger partial charge is 0.368 e. The summed E-state index contributed by atoms with van der Waals surface area (Å²) in [4.78, 5) is 23.7. The zero-order chi connectivity index (χ0) is 15.4. The first-order valence-corrected chi connectivity index (χ1v) is 7.06. The lowest BCUT2D eigenvalue weighted by molar-refractivity contribution is -0.120. The van der Waals surface area contributed by atoms with Crippen LogP contribution in [0.4, 0.5) is 0 Å². The molecule has 2 aromatic rings. The van der Waals surface area contributed by atoms with Gasteiger partial charge in [0.25, 0.3) is 5.91 Å². The molecule has 0 heterocycles. The van der Waals surface area contributed by atoms with Crippen LogP contribution in [0.3, 0.4) is 0 Å². The molecule has 4 nitrogen and oxygen atoms in total. The number of nitrogens with two attached hydrogens (primary N) is 1. The number of fused-ring (bicyclic) bond motifs is 1. The minimum Gasteiger partial charge on any atom is -0.368 e.